The number of para-hydroxylation sites is 1. The Hall–Kier alpha value is -1.88. The average Bonchev–Trinajstić information content (AvgIpc) is 2.53. The van der Waals surface area contributed by atoms with Gasteiger partial charge in [-0.15, -0.1) is 0 Å². The van der Waals surface area contributed by atoms with E-state index in [4.69, 9.17) is 0 Å². The maximum Gasteiger partial charge on any atom is 0.313 e. The van der Waals surface area contributed by atoms with Crippen LogP contribution in [0.4, 0.5) is 5.69 Å². The van der Waals surface area contributed by atoms with Crippen LogP contribution in [-0.4, -0.2) is 41.0 Å². The molecule has 0 spiro atoms. The van der Waals surface area contributed by atoms with Gasteiger partial charge in [-0.1, -0.05) is 45.9 Å². The van der Waals surface area contributed by atoms with Crippen molar-refractivity contribution in [2.45, 2.75) is 58.5 Å². The number of benzene rings is 1. The highest BCUT2D eigenvalue weighted by Gasteiger charge is 2.28. The van der Waals surface area contributed by atoms with E-state index in [2.05, 4.69) is 33.0 Å². The van der Waals surface area contributed by atoms with Crippen LogP contribution in [0.1, 0.15) is 63.5 Å². The van der Waals surface area contributed by atoms with Gasteiger partial charge in [0, 0.05) is 18.8 Å². The molecule has 2 amide bonds. The second-order valence-corrected chi connectivity index (χ2v) is 7.12. The Morgan fingerprint density at radius 1 is 1.17 bits per heavy atom. The van der Waals surface area contributed by atoms with E-state index in [1.807, 2.05) is 18.2 Å². The standard InChI is InChI=1S/C19H28N2O3/c1-12(2)15-8-5-9-16(13(3)4)17(15)20-18(23)19(24)21-10-6-7-14(22)11-21/h5,8-9,12-14,22H,6-7,10-11H2,1-4H3,(H,20,23)/t14-/m0/s1. The number of carbonyl (C=O) groups is 2. The van der Waals surface area contributed by atoms with Gasteiger partial charge in [-0.3, -0.25) is 9.59 Å². The van der Waals surface area contributed by atoms with E-state index in [1.54, 1.807) is 0 Å². The SMILES string of the molecule is CC(C)c1cccc(C(C)C)c1NC(=O)C(=O)N1CCC[C@H](O)C1. The fourth-order valence-electron chi connectivity index (χ4n) is 3.15. The third kappa shape index (κ3) is 4.15. The summed E-state index contributed by atoms with van der Waals surface area (Å²) in [7, 11) is 0. The fraction of sp³-hybridized carbons (Fsp3) is 0.579. The molecule has 0 saturated carbocycles. The van der Waals surface area contributed by atoms with Crippen molar-refractivity contribution < 1.29 is 14.7 Å². The molecule has 1 aromatic carbocycles. The van der Waals surface area contributed by atoms with Crippen LogP contribution in [0.3, 0.4) is 0 Å². The molecule has 2 N–H and O–H groups in total. The number of nitrogens with one attached hydrogen (secondary N) is 1. The van der Waals surface area contributed by atoms with Gasteiger partial charge in [-0.05, 0) is 35.8 Å². The number of carbonyl (C=O) groups excluding carboxylic acids is 2. The summed E-state index contributed by atoms with van der Waals surface area (Å²) in [6.07, 6.45) is 0.865. The van der Waals surface area contributed by atoms with E-state index in [0.29, 0.717) is 13.0 Å². The molecule has 1 aromatic rings. The molecule has 1 aliphatic heterocycles. The van der Waals surface area contributed by atoms with Crippen LogP contribution in [0.5, 0.6) is 0 Å². The topological polar surface area (TPSA) is 69.6 Å². The second-order valence-electron chi connectivity index (χ2n) is 7.12. The van der Waals surface area contributed by atoms with E-state index < -0.39 is 17.9 Å². The molecule has 0 unspecified atom stereocenters. The van der Waals surface area contributed by atoms with Crippen LogP contribution < -0.4 is 5.32 Å². The Morgan fingerprint density at radius 2 is 1.75 bits per heavy atom. The van der Waals surface area contributed by atoms with Crippen LogP contribution in [0.2, 0.25) is 0 Å². The van der Waals surface area contributed by atoms with Gasteiger partial charge in [0.25, 0.3) is 0 Å². The third-order valence-electron chi connectivity index (χ3n) is 4.49. The molecule has 24 heavy (non-hydrogen) atoms. The smallest absolute Gasteiger partial charge is 0.313 e. The maximum absolute atomic E-state index is 12.5. The molecule has 0 bridgehead atoms. The maximum atomic E-state index is 12.5. The molecule has 0 radical (unpaired) electrons. The number of likely N-dealkylation sites (tertiary alicyclic amines) is 1. The number of β-amino-alcohol motifs (C(OH)–C–C–N with tert-alkyl or cyclic N) is 1. The monoisotopic (exact) mass is 332 g/mol. The number of amides is 2. The summed E-state index contributed by atoms with van der Waals surface area (Å²) in [5.41, 5.74) is 2.81. The highest BCUT2D eigenvalue weighted by atomic mass is 16.3. The predicted octanol–water partition coefficient (Wildman–Crippen LogP) is 2.86. The predicted molar refractivity (Wildman–Crippen MR) is 95.1 cm³/mol. The van der Waals surface area contributed by atoms with Gasteiger partial charge in [-0.2, -0.15) is 0 Å². The number of anilines is 1. The van der Waals surface area contributed by atoms with Gasteiger partial charge in [0.2, 0.25) is 0 Å². The zero-order valence-corrected chi connectivity index (χ0v) is 15.0. The summed E-state index contributed by atoms with van der Waals surface area (Å²) >= 11 is 0. The summed E-state index contributed by atoms with van der Waals surface area (Å²) in [4.78, 5) is 26.3. The Balaban J connectivity index is 2.23. The highest BCUT2D eigenvalue weighted by molar-refractivity contribution is 6.39. The molecule has 1 atom stereocenters. The molecule has 0 aliphatic carbocycles. The molecule has 1 fully saturated rings. The average molecular weight is 332 g/mol. The summed E-state index contributed by atoms with van der Waals surface area (Å²) in [5, 5.41) is 12.6. The first-order chi connectivity index (χ1) is 11.3. The molecular formula is C19H28N2O3. The Kier molecular flexibility index (Phi) is 5.99. The molecule has 1 aliphatic rings. The molecule has 0 aromatic heterocycles. The Labute approximate surface area is 144 Å². The normalized spacial score (nSPS) is 18.1. The number of hydrogen-bond acceptors (Lipinski definition) is 3. The van der Waals surface area contributed by atoms with Crippen molar-refractivity contribution in [3.8, 4) is 0 Å². The van der Waals surface area contributed by atoms with E-state index in [1.165, 1.54) is 4.90 Å². The van der Waals surface area contributed by atoms with Crippen LogP contribution in [0.15, 0.2) is 18.2 Å². The van der Waals surface area contributed by atoms with E-state index >= 15 is 0 Å². The minimum Gasteiger partial charge on any atom is -0.391 e. The first-order valence-corrected chi connectivity index (χ1v) is 8.72. The number of rotatable bonds is 3. The number of aliphatic hydroxyl groups excluding tert-OH is 1. The second kappa shape index (κ2) is 7.79. The van der Waals surface area contributed by atoms with Crippen molar-refractivity contribution in [2.75, 3.05) is 18.4 Å². The van der Waals surface area contributed by atoms with Gasteiger partial charge >= 0.3 is 11.8 Å². The Bertz CT molecular complexity index is 584. The van der Waals surface area contributed by atoms with Crippen molar-refractivity contribution >= 4 is 17.5 Å². The molecule has 5 heteroatoms. The van der Waals surface area contributed by atoms with Crippen molar-refractivity contribution in [2.24, 2.45) is 0 Å². The van der Waals surface area contributed by atoms with E-state index in [-0.39, 0.29) is 18.4 Å². The minimum absolute atomic E-state index is 0.231. The van der Waals surface area contributed by atoms with Crippen molar-refractivity contribution in [1.29, 1.82) is 0 Å². The van der Waals surface area contributed by atoms with Crippen molar-refractivity contribution in [3.63, 3.8) is 0 Å². The number of nitrogens with zero attached hydrogens (tertiary/aromatic N) is 1. The lowest BCUT2D eigenvalue weighted by Gasteiger charge is -2.29. The van der Waals surface area contributed by atoms with Gasteiger partial charge in [0.1, 0.15) is 0 Å². The molecular weight excluding hydrogens is 304 g/mol. The first-order valence-electron chi connectivity index (χ1n) is 8.72. The van der Waals surface area contributed by atoms with Gasteiger partial charge in [-0.25, -0.2) is 0 Å². The van der Waals surface area contributed by atoms with Crippen LogP contribution >= 0.6 is 0 Å². The lowest BCUT2D eigenvalue weighted by Crippen LogP contribution is -2.46. The summed E-state index contributed by atoms with van der Waals surface area (Å²) in [6, 6.07) is 5.96. The molecule has 132 valence electrons. The molecule has 2 rings (SSSR count). The third-order valence-corrected chi connectivity index (χ3v) is 4.49. The van der Waals surface area contributed by atoms with Gasteiger partial charge in [0.05, 0.1) is 6.10 Å². The quantitative estimate of drug-likeness (QED) is 0.836. The number of aliphatic hydroxyl groups is 1. The number of hydrogen-bond donors (Lipinski definition) is 2. The van der Waals surface area contributed by atoms with E-state index in [0.717, 1.165) is 23.2 Å². The zero-order chi connectivity index (χ0) is 17.9. The summed E-state index contributed by atoms with van der Waals surface area (Å²) < 4.78 is 0. The van der Waals surface area contributed by atoms with Crippen LogP contribution in [0.25, 0.3) is 0 Å². The Morgan fingerprint density at radius 3 is 2.25 bits per heavy atom. The van der Waals surface area contributed by atoms with Crippen molar-refractivity contribution in [1.82, 2.24) is 4.90 Å². The van der Waals surface area contributed by atoms with Crippen LogP contribution in [0, 0.1) is 0 Å². The molecule has 1 heterocycles. The summed E-state index contributed by atoms with van der Waals surface area (Å²) in [5.74, 6) is -0.710. The van der Waals surface area contributed by atoms with Gasteiger partial charge in [0.15, 0.2) is 0 Å². The minimum atomic E-state index is -0.626. The van der Waals surface area contributed by atoms with E-state index in [9.17, 15) is 14.7 Å². The van der Waals surface area contributed by atoms with Gasteiger partial charge < -0.3 is 15.3 Å². The molecule has 1 saturated heterocycles. The van der Waals surface area contributed by atoms with Crippen molar-refractivity contribution in [3.05, 3.63) is 29.3 Å². The number of piperidine rings is 1. The fourth-order valence-corrected chi connectivity index (χ4v) is 3.15. The largest absolute Gasteiger partial charge is 0.391 e. The zero-order valence-electron chi connectivity index (χ0n) is 15.0. The molecule has 5 nitrogen and oxygen atoms in total. The lowest BCUT2D eigenvalue weighted by atomic mass is 9.92. The lowest BCUT2D eigenvalue weighted by molar-refractivity contribution is -0.145. The first kappa shape index (κ1) is 18.5. The van der Waals surface area contributed by atoms with Crippen LogP contribution in [-0.2, 0) is 9.59 Å². The summed E-state index contributed by atoms with van der Waals surface area (Å²) in [6.45, 7) is 9.02. The highest BCUT2D eigenvalue weighted by Crippen LogP contribution is 2.32.